The number of anilines is 2. The molecule has 0 bridgehead atoms. The van der Waals surface area contributed by atoms with Crippen molar-refractivity contribution in [2.75, 3.05) is 16.8 Å². The number of carbonyl (C=O) groups excluding carboxylic acids is 2. The van der Waals surface area contributed by atoms with Gasteiger partial charge in [-0.05, 0) is 86.0 Å². The Labute approximate surface area is 182 Å². The van der Waals surface area contributed by atoms with Crippen LogP contribution in [0.5, 0.6) is 11.5 Å². The molecule has 1 fully saturated rings. The van der Waals surface area contributed by atoms with E-state index in [0.717, 1.165) is 22.6 Å². The minimum atomic E-state index is -0.377. The monoisotopic (exact) mass is 414 g/mol. The molecule has 1 N–H and O–H groups in total. The molecule has 3 aromatic carbocycles. The number of amides is 2. The van der Waals surface area contributed by atoms with Gasteiger partial charge in [0.05, 0.1) is 5.92 Å². The number of aryl methyl sites for hydroxylation is 3. The summed E-state index contributed by atoms with van der Waals surface area (Å²) in [6, 6.07) is 21.0. The summed E-state index contributed by atoms with van der Waals surface area (Å²) in [7, 11) is 0. The van der Waals surface area contributed by atoms with E-state index in [0.29, 0.717) is 18.0 Å². The predicted octanol–water partition coefficient (Wildman–Crippen LogP) is 5.40. The molecule has 1 aliphatic heterocycles. The third-order valence-electron chi connectivity index (χ3n) is 5.65. The average molecular weight is 415 g/mol. The number of nitrogens with zero attached hydrogens (tertiary/aromatic N) is 1. The van der Waals surface area contributed by atoms with Gasteiger partial charge >= 0.3 is 0 Å². The van der Waals surface area contributed by atoms with Crippen molar-refractivity contribution in [3.63, 3.8) is 0 Å². The van der Waals surface area contributed by atoms with Crippen LogP contribution in [0.3, 0.4) is 0 Å². The SMILES string of the molecule is Cc1cccc(Oc2ccc(NC(=O)[C@H]3CC(=O)N(c4ccc(C)c(C)c4)C3)cc2)c1. The van der Waals surface area contributed by atoms with Gasteiger partial charge in [0.25, 0.3) is 0 Å². The first-order valence-corrected chi connectivity index (χ1v) is 10.4. The molecule has 0 saturated carbocycles. The zero-order valence-corrected chi connectivity index (χ0v) is 18.0. The summed E-state index contributed by atoms with van der Waals surface area (Å²) in [4.78, 5) is 27.0. The van der Waals surface area contributed by atoms with Gasteiger partial charge in [0.1, 0.15) is 11.5 Å². The van der Waals surface area contributed by atoms with Crippen LogP contribution in [0.1, 0.15) is 23.1 Å². The maximum absolute atomic E-state index is 12.8. The Hall–Kier alpha value is -3.60. The molecule has 5 nitrogen and oxygen atoms in total. The highest BCUT2D eigenvalue weighted by atomic mass is 16.5. The van der Waals surface area contributed by atoms with E-state index < -0.39 is 0 Å². The molecule has 0 unspecified atom stereocenters. The molecule has 0 aliphatic carbocycles. The fourth-order valence-electron chi connectivity index (χ4n) is 3.69. The van der Waals surface area contributed by atoms with Gasteiger partial charge < -0.3 is 15.0 Å². The second-order valence-corrected chi connectivity index (χ2v) is 8.11. The minimum absolute atomic E-state index is 0.0229. The molecule has 4 rings (SSSR count). The molecule has 5 heteroatoms. The Morgan fingerprint density at radius 1 is 0.935 bits per heavy atom. The lowest BCUT2D eigenvalue weighted by Crippen LogP contribution is -2.28. The fraction of sp³-hybridized carbons (Fsp3) is 0.231. The normalized spacial score (nSPS) is 15.8. The van der Waals surface area contributed by atoms with E-state index in [1.165, 1.54) is 5.56 Å². The Morgan fingerprint density at radius 2 is 1.71 bits per heavy atom. The Balaban J connectivity index is 1.38. The summed E-state index contributed by atoms with van der Waals surface area (Å²) in [6.45, 7) is 6.47. The van der Waals surface area contributed by atoms with Gasteiger partial charge in [-0.1, -0.05) is 18.2 Å². The van der Waals surface area contributed by atoms with Crippen LogP contribution in [0.15, 0.2) is 66.7 Å². The largest absolute Gasteiger partial charge is 0.457 e. The van der Waals surface area contributed by atoms with Gasteiger partial charge in [-0.15, -0.1) is 0 Å². The second kappa shape index (κ2) is 8.64. The van der Waals surface area contributed by atoms with Gasteiger partial charge in [-0.2, -0.15) is 0 Å². The van der Waals surface area contributed by atoms with Crippen molar-refractivity contribution in [2.24, 2.45) is 5.92 Å². The summed E-state index contributed by atoms with van der Waals surface area (Å²) in [5, 5.41) is 2.92. The fourth-order valence-corrected chi connectivity index (χ4v) is 3.69. The quantitative estimate of drug-likeness (QED) is 0.608. The molecule has 2 amide bonds. The molecule has 3 aromatic rings. The lowest BCUT2D eigenvalue weighted by Gasteiger charge is -2.18. The molecule has 1 aliphatic rings. The molecule has 158 valence electrons. The summed E-state index contributed by atoms with van der Waals surface area (Å²) in [5.41, 5.74) is 4.97. The maximum Gasteiger partial charge on any atom is 0.229 e. The van der Waals surface area contributed by atoms with Gasteiger partial charge in [0, 0.05) is 24.3 Å². The average Bonchev–Trinajstić information content (AvgIpc) is 3.13. The van der Waals surface area contributed by atoms with Crippen molar-refractivity contribution < 1.29 is 14.3 Å². The number of carbonyl (C=O) groups is 2. The molecule has 1 atom stereocenters. The van der Waals surface area contributed by atoms with E-state index in [2.05, 4.69) is 5.32 Å². The lowest BCUT2D eigenvalue weighted by atomic mass is 10.1. The Bertz CT molecular complexity index is 1120. The van der Waals surface area contributed by atoms with E-state index in [4.69, 9.17) is 4.74 Å². The topological polar surface area (TPSA) is 58.6 Å². The number of hydrogen-bond acceptors (Lipinski definition) is 3. The highest BCUT2D eigenvalue weighted by Crippen LogP contribution is 2.28. The van der Waals surface area contributed by atoms with Crippen LogP contribution in [-0.4, -0.2) is 18.4 Å². The third-order valence-corrected chi connectivity index (χ3v) is 5.65. The van der Waals surface area contributed by atoms with E-state index in [-0.39, 0.29) is 24.2 Å². The Kier molecular flexibility index (Phi) is 5.76. The number of rotatable bonds is 5. The van der Waals surface area contributed by atoms with Crippen LogP contribution < -0.4 is 15.0 Å². The lowest BCUT2D eigenvalue weighted by molar-refractivity contribution is -0.122. The highest BCUT2D eigenvalue weighted by molar-refractivity contribution is 6.03. The minimum Gasteiger partial charge on any atom is -0.457 e. The first-order chi connectivity index (χ1) is 14.9. The van der Waals surface area contributed by atoms with Gasteiger partial charge in [0.15, 0.2) is 0 Å². The molecule has 31 heavy (non-hydrogen) atoms. The molecule has 0 radical (unpaired) electrons. The summed E-state index contributed by atoms with van der Waals surface area (Å²) >= 11 is 0. The number of benzene rings is 3. The molecule has 1 saturated heterocycles. The molecule has 0 spiro atoms. The predicted molar refractivity (Wildman–Crippen MR) is 123 cm³/mol. The third kappa shape index (κ3) is 4.77. The van der Waals surface area contributed by atoms with E-state index in [9.17, 15) is 9.59 Å². The highest BCUT2D eigenvalue weighted by Gasteiger charge is 2.35. The second-order valence-electron chi connectivity index (χ2n) is 8.11. The number of hydrogen-bond donors (Lipinski definition) is 1. The standard InChI is InChI=1S/C26H26N2O3/c1-17-5-4-6-24(13-17)31-23-11-8-21(9-12-23)27-26(30)20-15-25(29)28(16-20)22-10-7-18(2)19(3)14-22/h4-14,20H,15-16H2,1-3H3,(H,27,30)/t20-/m0/s1. The first kappa shape index (κ1) is 20.7. The van der Waals surface area contributed by atoms with Crippen molar-refractivity contribution in [3.8, 4) is 11.5 Å². The van der Waals surface area contributed by atoms with Crippen molar-refractivity contribution in [2.45, 2.75) is 27.2 Å². The molecule has 1 heterocycles. The summed E-state index contributed by atoms with van der Waals surface area (Å²) in [6.07, 6.45) is 0.216. The van der Waals surface area contributed by atoms with Crippen LogP contribution in [0.4, 0.5) is 11.4 Å². The Morgan fingerprint density at radius 3 is 2.42 bits per heavy atom. The van der Waals surface area contributed by atoms with Crippen molar-refractivity contribution in [1.82, 2.24) is 0 Å². The van der Waals surface area contributed by atoms with E-state index in [1.807, 2.05) is 75.4 Å². The van der Waals surface area contributed by atoms with Gasteiger partial charge in [-0.25, -0.2) is 0 Å². The van der Waals surface area contributed by atoms with Gasteiger partial charge in [0.2, 0.25) is 11.8 Å². The van der Waals surface area contributed by atoms with Crippen molar-refractivity contribution >= 4 is 23.2 Å². The molecule has 0 aromatic heterocycles. The van der Waals surface area contributed by atoms with Crippen molar-refractivity contribution in [3.05, 3.63) is 83.4 Å². The van der Waals surface area contributed by atoms with E-state index >= 15 is 0 Å². The molecular weight excluding hydrogens is 388 g/mol. The number of ether oxygens (including phenoxy) is 1. The zero-order valence-electron chi connectivity index (χ0n) is 18.0. The van der Waals surface area contributed by atoms with Crippen LogP contribution in [0.25, 0.3) is 0 Å². The first-order valence-electron chi connectivity index (χ1n) is 10.4. The maximum atomic E-state index is 12.8. The smallest absolute Gasteiger partial charge is 0.229 e. The zero-order chi connectivity index (χ0) is 22.0. The van der Waals surface area contributed by atoms with Gasteiger partial charge in [-0.3, -0.25) is 9.59 Å². The van der Waals surface area contributed by atoms with Crippen LogP contribution >= 0.6 is 0 Å². The van der Waals surface area contributed by atoms with Crippen LogP contribution in [-0.2, 0) is 9.59 Å². The van der Waals surface area contributed by atoms with Crippen LogP contribution in [0, 0.1) is 26.7 Å². The summed E-state index contributed by atoms with van der Waals surface area (Å²) < 4.78 is 5.85. The molecular formula is C26H26N2O3. The van der Waals surface area contributed by atoms with Crippen LogP contribution in [0.2, 0.25) is 0 Å². The number of nitrogens with one attached hydrogen (secondary N) is 1. The van der Waals surface area contributed by atoms with Crippen molar-refractivity contribution in [1.29, 1.82) is 0 Å². The summed E-state index contributed by atoms with van der Waals surface area (Å²) in [5.74, 6) is 0.919. The van der Waals surface area contributed by atoms with E-state index in [1.54, 1.807) is 17.0 Å².